The Balaban J connectivity index is 1.90. The topological polar surface area (TPSA) is 58.6 Å². The summed E-state index contributed by atoms with van der Waals surface area (Å²) in [5.74, 6) is -0.285. The molecule has 24 heavy (non-hydrogen) atoms. The molecule has 0 amide bonds. The Kier molecular flexibility index (Phi) is 4.60. The molecule has 2 N–H and O–H groups in total. The maximum atomic E-state index is 12.7. The van der Waals surface area contributed by atoms with Crippen LogP contribution < -0.4 is 5.48 Å². The summed E-state index contributed by atoms with van der Waals surface area (Å²) in [6.07, 6.45) is 3.26. The zero-order valence-electron chi connectivity index (χ0n) is 13.2. The molecule has 4 heteroatoms. The van der Waals surface area contributed by atoms with E-state index in [9.17, 15) is 9.90 Å². The van der Waals surface area contributed by atoms with Gasteiger partial charge in [-0.2, -0.15) is 5.48 Å². The van der Waals surface area contributed by atoms with E-state index >= 15 is 0 Å². The number of ketones is 1. The molecule has 0 aromatic heterocycles. The molecule has 0 saturated heterocycles. The number of aliphatic hydroxyl groups excluding tert-OH is 1. The number of rotatable bonds is 6. The van der Waals surface area contributed by atoms with Crippen molar-refractivity contribution in [1.29, 1.82) is 0 Å². The van der Waals surface area contributed by atoms with E-state index in [1.54, 1.807) is 12.1 Å². The summed E-state index contributed by atoms with van der Waals surface area (Å²) in [6, 6.07) is 17.0. The lowest BCUT2D eigenvalue weighted by molar-refractivity contribution is -0.130. The van der Waals surface area contributed by atoms with Crippen molar-refractivity contribution >= 4 is 11.5 Å². The Labute approximate surface area is 141 Å². The molecular formula is C20H19NO3. The molecule has 1 atom stereocenters. The molecule has 0 fully saturated rings. The monoisotopic (exact) mass is 321 g/mol. The maximum absolute atomic E-state index is 12.7. The van der Waals surface area contributed by atoms with E-state index in [4.69, 9.17) is 4.84 Å². The van der Waals surface area contributed by atoms with Gasteiger partial charge in [0, 0.05) is 11.6 Å². The van der Waals surface area contributed by atoms with Gasteiger partial charge in [-0.05, 0) is 17.5 Å². The van der Waals surface area contributed by atoms with Crippen molar-refractivity contribution in [3.05, 3.63) is 90.0 Å². The van der Waals surface area contributed by atoms with Crippen molar-refractivity contribution in [2.75, 3.05) is 0 Å². The molecule has 3 rings (SSSR count). The van der Waals surface area contributed by atoms with Crippen LogP contribution in [0, 0.1) is 0 Å². The van der Waals surface area contributed by atoms with E-state index in [-0.39, 0.29) is 11.5 Å². The van der Waals surface area contributed by atoms with E-state index in [0.29, 0.717) is 24.2 Å². The number of carbonyl (C=O) groups excluding carboxylic acids is 1. The van der Waals surface area contributed by atoms with E-state index in [1.807, 2.05) is 48.5 Å². The van der Waals surface area contributed by atoms with Crippen molar-refractivity contribution < 1.29 is 14.7 Å². The molecule has 0 aliphatic heterocycles. The summed E-state index contributed by atoms with van der Waals surface area (Å²) in [7, 11) is 0. The third kappa shape index (κ3) is 2.89. The van der Waals surface area contributed by atoms with Gasteiger partial charge in [0.1, 0.15) is 11.3 Å². The summed E-state index contributed by atoms with van der Waals surface area (Å²) in [6.45, 7) is 4.09. The first-order chi connectivity index (χ1) is 11.7. The van der Waals surface area contributed by atoms with Gasteiger partial charge < -0.3 is 5.11 Å². The smallest absolute Gasteiger partial charge is 0.186 e. The zero-order valence-corrected chi connectivity index (χ0v) is 13.2. The molecule has 1 aliphatic carbocycles. The molecule has 4 nitrogen and oxygen atoms in total. The van der Waals surface area contributed by atoms with Crippen LogP contribution in [-0.2, 0) is 21.8 Å². The fourth-order valence-electron chi connectivity index (χ4n) is 2.93. The van der Waals surface area contributed by atoms with Crippen molar-refractivity contribution in [1.82, 2.24) is 5.48 Å². The van der Waals surface area contributed by atoms with Crippen LogP contribution in [0.4, 0.5) is 0 Å². The fraction of sp³-hybridized carbons (Fsp3) is 0.150. The minimum absolute atomic E-state index is 0.0276. The Morgan fingerprint density at radius 3 is 2.58 bits per heavy atom. The largest absolute Gasteiger partial charge is 0.507 e. The van der Waals surface area contributed by atoms with Crippen LogP contribution >= 0.6 is 0 Å². The molecule has 0 bridgehead atoms. The quantitative estimate of drug-likeness (QED) is 0.630. The molecule has 0 heterocycles. The minimum Gasteiger partial charge on any atom is -0.507 e. The highest BCUT2D eigenvalue weighted by Gasteiger charge is 2.43. The fourth-order valence-corrected chi connectivity index (χ4v) is 2.93. The Morgan fingerprint density at radius 2 is 1.83 bits per heavy atom. The molecule has 1 unspecified atom stereocenters. The van der Waals surface area contributed by atoms with Gasteiger partial charge in [-0.25, -0.2) is 0 Å². The SMILES string of the molecule is C=CCC1(NOCc2ccccc2)C(=O)C=C(O)c2ccccc21. The van der Waals surface area contributed by atoms with Crippen LogP contribution in [0.3, 0.4) is 0 Å². The van der Waals surface area contributed by atoms with Crippen LogP contribution in [0.2, 0.25) is 0 Å². The summed E-state index contributed by atoms with van der Waals surface area (Å²) in [4.78, 5) is 18.3. The number of nitrogens with one attached hydrogen (secondary N) is 1. The zero-order chi connectivity index (χ0) is 17.0. The van der Waals surface area contributed by atoms with E-state index in [2.05, 4.69) is 12.1 Å². The highest BCUT2D eigenvalue weighted by molar-refractivity contribution is 6.06. The summed E-state index contributed by atoms with van der Waals surface area (Å²) in [5.41, 5.74) is 4.15. The molecule has 1 aliphatic rings. The van der Waals surface area contributed by atoms with Gasteiger partial charge in [-0.3, -0.25) is 9.63 Å². The van der Waals surface area contributed by atoms with E-state index < -0.39 is 5.54 Å². The Hall–Kier alpha value is -2.69. The van der Waals surface area contributed by atoms with Crippen LogP contribution in [0.5, 0.6) is 0 Å². The lowest BCUT2D eigenvalue weighted by Crippen LogP contribution is -2.50. The van der Waals surface area contributed by atoms with Gasteiger partial charge in [-0.15, -0.1) is 6.58 Å². The first kappa shape index (κ1) is 16.2. The summed E-state index contributed by atoms with van der Waals surface area (Å²) in [5, 5.41) is 10.1. The summed E-state index contributed by atoms with van der Waals surface area (Å²) < 4.78 is 0. The first-order valence-corrected chi connectivity index (χ1v) is 7.76. The molecule has 2 aromatic carbocycles. The van der Waals surface area contributed by atoms with Crippen LogP contribution in [0.15, 0.2) is 73.3 Å². The first-order valence-electron chi connectivity index (χ1n) is 7.76. The minimum atomic E-state index is -1.08. The van der Waals surface area contributed by atoms with Crippen molar-refractivity contribution in [3.8, 4) is 0 Å². The number of fused-ring (bicyclic) bond motifs is 1. The second kappa shape index (κ2) is 6.83. The van der Waals surface area contributed by atoms with Crippen LogP contribution in [0.1, 0.15) is 23.1 Å². The Bertz CT molecular complexity index is 782. The van der Waals surface area contributed by atoms with Gasteiger partial charge in [0.25, 0.3) is 0 Å². The number of aliphatic hydroxyl groups is 1. The summed E-state index contributed by atoms with van der Waals surface area (Å²) >= 11 is 0. The van der Waals surface area contributed by atoms with Gasteiger partial charge in [0.15, 0.2) is 5.78 Å². The second-order valence-corrected chi connectivity index (χ2v) is 5.71. The molecular weight excluding hydrogens is 302 g/mol. The van der Waals surface area contributed by atoms with Crippen LogP contribution in [0.25, 0.3) is 5.76 Å². The normalized spacial score (nSPS) is 19.5. The lowest BCUT2D eigenvalue weighted by atomic mass is 9.77. The van der Waals surface area contributed by atoms with E-state index in [1.165, 1.54) is 6.08 Å². The van der Waals surface area contributed by atoms with E-state index in [0.717, 1.165) is 5.56 Å². The average Bonchev–Trinajstić information content (AvgIpc) is 2.61. The lowest BCUT2D eigenvalue weighted by Gasteiger charge is -2.35. The molecule has 0 spiro atoms. The van der Waals surface area contributed by atoms with Gasteiger partial charge in [0.2, 0.25) is 0 Å². The molecule has 0 saturated carbocycles. The molecule has 0 radical (unpaired) electrons. The molecule has 122 valence electrons. The second-order valence-electron chi connectivity index (χ2n) is 5.71. The molecule has 2 aromatic rings. The Morgan fingerprint density at radius 1 is 1.12 bits per heavy atom. The van der Waals surface area contributed by atoms with Crippen molar-refractivity contribution in [2.45, 2.75) is 18.6 Å². The van der Waals surface area contributed by atoms with Gasteiger partial charge in [0.05, 0.1) is 6.61 Å². The number of hydroxylamine groups is 1. The van der Waals surface area contributed by atoms with Crippen molar-refractivity contribution in [2.24, 2.45) is 0 Å². The predicted octanol–water partition coefficient (Wildman–Crippen LogP) is 3.66. The number of carbonyl (C=O) groups is 1. The number of hydrogen-bond acceptors (Lipinski definition) is 4. The van der Waals surface area contributed by atoms with Gasteiger partial charge >= 0.3 is 0 Å². The number of hydrogen-bond donors (Lipinski definition) is 2. The number of benzene rings is 2. The van der Waals surface area contributed by atoms with Gasteiger partial charge in [-0.1, -0.05) is 60.7 Å². The highest BCUT2D eigenvalue weighted by Crippen LogP contribution is 2.37. The van der Waals surface area contributed by atoms with Crippen LogP contribution in [-0.4, -0.2) is 10.9 Å². The third-order valence-corrected chi connectivity index (χ3v) is 4.13. The standard InChI is InChI=1S/C20H19NO3/c1-2-12-20(21-24-14-15-8-4-3-5-9-15)17-11-7-6-10-16(17)18(22)13-19(20)23/h2-11,13,21-22H,1,12,14H2. The highest BCUT2D eigenvalue weighted by atomic mass is 16.6. The average molecular weight is 321 g/mol. The predicted molar refractivity (Wildman–Crippen MR) is 92.9 cm³/mol. The van der Waals surface area contributed by atoms with Crippen molar-refractivity contribution in [3.63, 3.8) is 0 Å². The third-order valence-electron chi connectivity index (χ3n) is 4.13. The maximum Gasteiger partial charge on any atom is 0.186 e.